The van der Waals surface area contributed by atoms with E-state index in [1.165, 1.54) is 0 Å². The van der Waals surface area contributed by atoms with Gasteiger partial charge in [0.1, 0.15) is 0 Å². The average molecular weight is 394 g/mol. The van der Waals surface area contributed by atoms with Gasteiger partial charge in [-0.05, 0) is 35.7 Å². The molecule has 3 N–H and O–H groups in total. The second kappa shape index (κ2) is 9.07. The third-order valence-corrected chi connectivity index (χ3v) is 5.32. The summed E-state index contributed by atoms with van der Waals surface area (Å²) in [5.74, 6) is 0.138. The number of hydrogen-bond donors (Lipinski definition) is 3. The smallest absolute Gasteiger partial charge is 0.323 e. The average Bonchev–Trinajstić information content (AvgIpc) is 2.75. The molecule has 1 unspecified atom stereocenters. The summed E-state index contributed by atoms with van der Waals surface area (Å²) in [6, 6.07) is 15.0. The van der Waals surface area contributed by atoms with Gasteiger partial charge in [0.25, 0.3) is 0 Å². The van der Waals surface area contributed by atoms with Crippen LogP contribution in [-0.4, -0.2) is 49.2 Å². The van der Waals surface area contributed by atoms with Crippen molar-refractivity contribution in [1.29, 1.82) is 0 Å². The number of ether oxygens (including phenoxy) is 1. The molecule has 1 atom stereocenters. The lowest BCUT2D eigenvalue weighted by atomic mass is 9.97. The van der Waals surface area contributed by atoms with Crippen LogP contribution in [0.15, 0.2) is 48.5 Å². The zero-order valence-corrected chi connectivity index (χ0v) is 16.3. The molecule has 0 bridgehead atoms. The van der Waals surface area contributed by atoms with Crippen LogP contribution in [0.5, 0.6) is 0 Å². The van der Waals surface area contributed by atoms with Crippen LogP contribution < -0.4 is 16.0 Å². The van der Waals surface area contributed by atoms with Gasteiger partial charge in [-0.1, -0.05) is 30.3 Å². The number of hydrogen-bond acceptors (Lipinski definition) is 4. The molecule has 2 aliphatic rings. The molecule has 7 heteroatoms. The zero-order chi connectivity index (χ0) is 20.1. The van der Waals surface area contributed by atoms with Crippen LogP contribution >= 0.6 is 0 Å². The topological polar surface area (TPSA) is 82.7 Å². The van der Waals surface area contributed by atoms with Crippen LogP contribution in [0.2, 0.25) is 0 Å². The first kappa shape index (κ1) is 19.4. The van der Waals surface area contributed by atoms with Crippen LogP contribution in [0.3, 0.4) is 0 Å². The molecular formula is C22H26N4O3. The Balaban J connectivity index is 1.38. The van der Waals surface area contributed by atoms with Gasteiger partial charge in [-0.2, -0.15) is 0 Å². The second-order valence-electron chi connectivity index (χ2n) is 7.38. The fourth-order valence-electron chi connectivity index (χ4n) is 3.84. The Morgan fingerprint density at radius 1 is 1.10 bits per heavy atom. The summed E-state index contributed by atoms with van der Waals surface area (Å²) < 4.78 is 5.44. The Hall–Kier alpha value is -2.90. The van der Waals surface area contributed by atoms with Crippen molar-refractivity contribution in [2.45, 2.75) is 25.4 Å². The van der Waals surface area contributed by atoms with Crippen molar-refractivity contribution in [1.82, 2.24) is 10.2 Å². The Kier molecular flexibility index (Phi) is 6.07. The van der Waals surface area contributed by atoms with E-state index >= 15 is 0 Å². The predicted octanol–water partition coefficient (Wildman–Crippen LogP) is 2.59. The van der Waals surface area contributed by atoms with Crippen molar-refractivity contribution in [3.05, 3.63) is 59.7 Å². The largest absolute Gasteiger partial charge is 0.378 e. The first-order valence-corrected chi connectivity index (χ1v) is 10.0. The number of amides is 3. The highest BCUT2D eigenvalue weighted by Gasteiger charge is 2.25. The number of benzene rings is 2. The second-order valence-corrected chi connectivity index (χ2v) is 7.38. The fraction of sp³-hybridized carbons (Fsp3) is 0.364. The van der Waals surface area contributed by atoms with Gasteiger partial charge in [-0.15, -0.1) is 0 Å². The van der Waals surface area contributed by atoms with Gasteiger partial charge >= 0.3 is 6.03 Å². The summed E-state index contributed by atoms with van der Waals surface area (Å²) >= 11 is 0. The molecule has 3 amide bonds. The lowest BCUT2D eigenvalue weighted by Gasteiger charge is -2.32. The summed E-state index contributed by atoms with van der Waals surface area (Å²) in [7, 11) is 0. The van der Waals surface area contributed by atoms with E-state index in [0.29, 0.717) is 32.7 Å². The van der Waals surface area contributed by atoms with Crippen LogP contribution in [0.4, 0.5) is 16.2 Å². The van der Waals surface area contributed by atoms with Crippen LogP contribution in [0.25, 0.3) is 0 Å². The maximum atomic E-state index is 12.7. The van der Waals surface area contributed by atoms with E-state index in [4.69, 9.17) is 4.74 Å². The molecule has 1 saturated heterocycles. The van der Waals surface area contributed by atoms with E-state index < -0.39 is 0 Å². The molecule has 0 aliphatic carbocycles. The van der Waals surface area contributed by atoms with Crippen molar-refractivity contribution in [3.8, 4) is 0 Å². The SMILES string of the molecule is O=C(Nc1ccccc1)Nc1cccc2c1CCN(C(=O)CC1COCCN1)C2. The summed E-state index contributed by atoms with van der Waals surface area (Å²) in [6.45, 7) is 3.30. The number of para-hydroxylation sites is 1. The van der Waals surface area contributed by atoms with Crippen LogP contribution in [0, 0.1) is 0 Å². The number of morpholine rings is 1. The van der Waals surface area contributed by atoms with Crippen molar-refractivity contribution >= 4 is 23.3 Å². The lowest BCUT2D eigenvalue weighted by molar-refractivity contribution is -0.133. The van der Waals surface area contributed by atoms with E-state index in [-0.39, 0.29) is 18.0 Å². The van der Waals surface area contributed by atoms with Crippen molar-refractivity contribution in [2.24, 2.45) is 0 Å². The van der Waals surface area contributed by atoms with Crippen molar-refractivity contribution < 1.29 is 14.3 Å². The Labute approximate surface area is 170 Å². The molecule has 0 radical (unpaired) electrons. The van der Waals surface area contributed by atoms with Crippen molar-refractivity contribution in [3.63, 3.8) is 0 Å². The van der Waals surface area contributed by atoms with Gasteiger partial charge < -0.3 is 25.6 Å². The van der Waals surface area contributed by atoms with Gasteiger partial charge in [-0.25, -0.2) is 4.79 Å². The number of rotatable bonds is 4. The predicted molar refractivity (Wildman–Crippen MR) is 112 cm³/mol. The molecule has 2 aromatic rings. The number of urea groups is 1. The van der Waals surface area contributed by atoms with Gasteiger partial charge in [0.05, 0.1) is 13.2 Å². The molecule has 2 aliphatic heterocycles. The summed E-state index contributed by atoms with van der Waals surface area (Å²) in [5.41, 5.74) is 3.71. The third kappa shape index (κ3) is 4.93. The molecular weight excluding hydrogens is 368 g/mol. The highest BCUT2D eigenvalue weighted by atomic mass is 16.5. The van der Waals surface area contributed by atoms with Gasteiger partial charge in [0.15, 0.2) is 0 Å². The molecule has 2 heterocycles. The maximum Gasteiger partial charge on any atom is 0.323 e. The van der Waals surface area contributed by atoms with Crippen molar-refractivity contribution in [2.75, 3.05) is 36.9 Å². The minimum atomic E-state index is -0.272. The molecule has 152 valence electrons. The normalized spacial score (nSPS) is 18.6. The van der Waals surface area contributed by atoms with E-state index in [1.54, 1.807) is 0 Å². The standard InChI is InChI=1S/C22H26N4O3/c27-21(13-18-15-29-12-10-23-18)26-11-9-19-16(14-26)5-4-8-20(19)25-22(28)24-17-6-2-1-3-7-17/h1-8,18,23H,9-15H2,(H2,24,25,28). The Morgan fingerprint density at radius 2 is 1.97 bits per heavy atom. The summed E-state index contributed by atoms with van der Waals surface area (Å²) in [5, 5.41) is 9.12. The zero-order valence-electron chi connectivity index (χ0n) is 16.3. The van der Waals surface area contributed by atoms with Crippen LogP contribution in [0.1, 0.15) is 17.5 Å². The molecule has 0 saturated carbocycles. The third-order valence-electron chi connectivity index (χ3n) is 5.32. The molecule has 7 nitrogen and oxygen atoms in total. The van der Waals surface area contributed by atoms with E-state index in [0.717, 1.165) is 35.5 Å². The number of fused-ring (bicyclic) bond motifs is 1. The highest BCUT2D eigenvalue weighted by molar-refractivity contribution is 6.00. The van der Waals surface area contributed by atoms with Gasteiger partial charge in [-0.3, -0.25) is 4.79 Å². The molecule has 4 rings (SSSR count). The molecule has 2 aromatic carbocycles. The van der Waals surface area contributed by atoms with Gasteiger partial charge in [0, 0.05) is 43.5 Å². The Morgan fingerprint density at radius 3 is 2.76 bits per heavy atom. The lowest BCUT2D eigenvalue weighted by Crippen LogP contribution is -2.46. The number of nitrogens with one attached hydrogen (secondary N) is 3. The monoisotopic (exact) mass is 394 g/mol. The number of nitrogens with zero attached hydrogens (tertiary/aromatic N) is 1. The quantitative estimate of drug-likeness (QED) is 0.744. The minimum Gasteiger partial charge on any atom is -0.378 e. The maximum absolute atomic E-state index is 12.7. The van der Waals surface area contributed by atoms with E-state index in [1.807, 2.05) is 53.4 Å². The van der Waals surface area contributed by atoms with Gasteiger partial charge in [0.2, 0.25) is 5.91 Å². The first-order chi connectivity index (χ1) is 14.2. The summed E-state index contributed by atoms with van der Waals surface area (Å²) in [4.78, 5) is 26.9. The number of anilines is 2. The minimum absolute atomic E-state index is 0.0901. The fourth-order valence-corrected chi connectivity index (χ4v) is 3.84. The molecule has 0 aromatic heterocycles. The summed E-state index contributed by atoms with van der Waals surface area (Å²) in [6.07, 6.45) is 1.17. The van der Waals surface area contributed by atoms with Crippen LogP contribution in [-0.2, 0) is 22.5 Å². The molecule has 1 fully saturated rings. The van der Waals surface area contributed by atoms with E-state index in [2.05, 4.69) is 16.0 Å². The number of carbonyl (C=O) groups excluding carboxylic acids is 2. The van der Waals surface area contributed by atoms with E-state index in [9.17, 15) is 9.59 Å². The molecule has 29 heavy (non-hydrogen) atoms. The molecule has 0 spiro atoms. The Bertz CT molecular complexity index is 866. The highest BCUT2D eigenvalue weighted by Crippen LogP contribution is 2.27. The number of carbonyl (C=O) groups is 2. The first-order valence-electron chi connectivity index (χ1n) is 10.0.